The summed E-state index contributed by atoms with van der Waals surface area (Å²) in [5.41, 5.74) is -0.590. The van der Waals surface area contributed by atoms with Gasteiger partial charge in [-0.25, -0.2) is 0 Å². The molecule has 2 rings (SSSR count). The summed E-state index contributed by atoms with van der Waals surface area (Å²) in [7, 11) is 2.06. The molecular weight excluding hydrogens is 216 g/mol. The van der Waals surface area contributed by atoms with Crippen LogP contribution < -0.4 is 0 Å². The molecule has 0 aliphatic carbocycles. The van der Waals surface area contributed by atoms with Gasteiger partial charge in [0.2, 0.25) is 5.91 Å². The number of nitrogens with zero attached hydrogens (tertiary/aromatic N) is 2. The van der Waals surface area contributed by atoms with Gasteiger partial charge in [0.1, 0.15) is 0 Å². The summed E-state index contributed by atoms with van der Waals surface area (Å²) in [6.45, 7) is 6.25. The number of hydrogen-bond donors (Lipinski definition) is 0. The van der Waals surface area contributed by atoms with Gasteiger partial charge < -0.3 is 9.80 Å². The van der Waals surface area contributed by atoms with Crippen LogP contribution in [0, 0.1) is 5.92 Å². The van der Waals surface area contributed by atoms with Crippen molar-refractivity contribution in [3.8, 4) is 0 Å². The van der Waals surface area contributed by atoms with E-state index in [1.165, 1.54) is 0 Å². The molecular formula is C13H22N2O2. The van der Waals surface area contributed by atoms with Crippen LogP contribution in [0.15, 0.2) is 0 Å². The maximum Gasteiger partial charge on any atom is 0.227 e. The lowest BCUT2D eigenvalue weighted by Crippen LogP contribution is -2.51. The molecule has 2 fully saturated rings. The lowest BCUT2D eigenvalue weighted by Gasteiger charge is -2.36. The Morgan fingerprint density at radius 3 is 2.59 bits per heavy atom. The van der Waals surface area contributed by atoms with Crippen molar-refractivity contribution in [1.82, 2.24) is 9.80 Å². The number of rotatable bonds is 1. The van der Waals surface area contributed by atoms with Gasteiger partial charge in [-0.15, -0.1) is 0 Å². The molecule has 96 valence electrons. The maximum atomic E-state index is 12.5. The summed E-state index contributed by atoms with van der Waals surface area (Å²) < 4.78 is 0. The fourth-order valence-corrected chi connectivity index (χ4v) is 2.92. The highest BCUT2D eigenvalue weighted by Crippen LogP contribution is 2.29. The van der Waals surface area contributed by atoms with Gasteiger partial charge in [-0.2, -0.15) is 0 Å². The molecule has 0 spiro atoms. The van der Waals surface area contributed by atoms with Crippen LogP contribution in [-0.4, -0.2) is 53.7 Å². The van der Waals surface area contributed by atoms with Crippen molar-refractivity contribution in [3.63, 3.8) is 0 Å². The summed E-state index contributed by atoms with van der Waals surface area (Å²) in [4.78, 5) is 28.2. The van der Waals surface area contributed by atoms with Gasteiger partial charge in [0, 0.05) is 19.5 Å². The normalized spacial score (nSPS) is 29.7. The highest BCUT2D eigenvalue weighted by atomic mass is 16.2. The lowest BCUT2D eigenvalue weighted by atomic mass is 9.94. The smallest absolute Gasteiger partial charge is 0.227 e. The SMILES string of the molecule is CN1CCCC(C(=O)N2CCC(=O)C2(C)C)C1. The molecule has 2 aliphatic rings. The summed E-state index contributed by atoms with van der Waals surface area (Å²) in [5.74, 6) is 0.446. The first-order chi connectivity index (χ1) is 7.93. The Morgan fingerprint density at radius 1 is 1.35 bits per heavy atom. The topological polar surface area (TPSA) is 40.6 Å². The second-order valence-electron chi connectivity index (χ2n) is 5.82. The van der Waals surface area contributed by atoms with Gasteiger partial charge in [-0.3, -0.25) is 9.59 Å². The summed E-state index contributed by atoms with van der Waals surface area (Å²) in [5, 5.41) is 0. The Morgan fingerprint density at radius 2 is 2.06 bits per heavy atom. The molecule has 0 N–H and O–H groups in total. The maximum absolute atomic E-state index is 12.5. The van der Waals surface area contributed by atoms with E-state index in [1.807, 2.05) is 13.8 Å². The molecule has 0 radical (unpaired) electrons. The average Bonchev–Trinajstić information content (AvgIpc) is 2.53. The number of carbonyl (C=O) groups is 2. The predicted octanol–water partition coefficient (Wildman–Crippen LogP) is 0.908. The predicted molar refractivity (Wildman–Crippen MR) is 65.6 cm³/mol. The third-order valence-corrected chi connectivity index (χ3v) is 4.16. The average molecular weight is 238 g/mol. The molecule has 17 heavy (non-hydrogen) atoms. The molecule has 1 atom stereocenters. The minimum absolute atomic E-state index is 0.0823. The Kier molecular flexibility index (Phi) is 3.25. The third-order valence-electron chi connectivity index (χ3n) is 4.16. The highest BCUT2D eigenvalue weighted by molar-refractivity contribution is 5.96. The Labute approximate surface area is 103 Å². The van der Waals surface area contributed by atoms with Crippen LogP contribution in [0.1, 0.15) is 33.1 Å². The summed E-state index contributed by atoms with van der Waals surface area (Å²) in [6.07, 6.45) is 2.56. The zero-order valence-electron chi connectivity index (χ0n) is 11.0. The van der Waals surface area contributed by atoms with E-state index in [4.69, 9.17) is 0 Å². The number of piperidine rings is 1. The minimum atomic E-state index is -0.590. The van der Waals surface area contributed by atoms with E-state index >= 15 is 0 Å². The van der Waals surface area contributed by atoms with E-state index in [1.54, 1.807) is 4.90 Å². The van der Waals surface area contributed by atoms with E-state index in [9.17, 15) is 9.59 Å². The van der Waals surface area contributed by atoms with Crippen LogP contribution in [0.25, 0.3) is 0 Å². The molecule has 0 aromatic heterocycles. The van der Waals surface area contributed by atoms with Crippen molar-refractivity contribution in [2.45, 2.75) is 38.6 Å². The van der Waals surface area contributed by atoms with Gasteiger partial charge in [0.25, 0.3) is 0 Å². The van der Waals surface area contributed by atoms with Crippen molar-refractivity contribution in [1.29, 1.82) is 0 Å². The van der Waals surface area contributed by atoms with Crippen molar-refractivity contribution in [2.75, 3.05) is 26.7 Å². The number of carbonyl (C=O) groups excluding carboxylic acids is 2. The van der Waals surface area contributed by atoms with Gasteiger partial charge in [-0.1, -0.05) is 0 Å². The first-order valence-electron chi connectivity index (χ1n) is 6.46. The molecule has 0 bridgehead atoms. The quantitative estimate of drug-likeness (QED) is 0.681. The fourth-order valence-electron chi connectivity index (χ4n) is 2.92. The van der Waals surface area contributed by atoms with E-state index in [2.05, 4.69) is 11.9 Å². The monoisotopic (exact) mass is 238 g/mol. The molecule has 2 aliphatic heterocycles. The second kappa shape index (κ2) is 4.41. The largest absolute Gasteiger partial charge is 0.330 e. The standard InChI is InChI=1S/C13H22N2O2/c1-13(2)11(16)6-8-15(13)12(17)10-5-4-7-14(3)9-10/h10H,4-9H2,1-3H3. The molecule has 2 saturated heterocycles. The molecule has 4 nitrogen and oxygen atoms in total. The van der Waals surface area contributed by atoms with Crippen LogP contribution in [0.5, 0.6) is 0 Å². The van der Waals surface area contributed by atoms with Crippen LogP contribution >= 0.6 is 0 Å². The van der Waals surface area contributed by atoms with E-state index in [-0.39, 0.29) is 17.6 Å². The van der Waals surface area contributed by atoms with Crippen LogP contribution in [0.3, 0.4) is 0 Å². The Balaban J connectivity index is 2.07. The lowest BCUT2D eigenvalue weighted by molar-refractivity contribution is -0.143. The number of likely N-dealkylation sites (tertiary alicyclic amines) is 2. The van der Waals surface area contributed by atoms with E-state index in [0.29, 0.717) is 13.0 Å². The van der Waals surface area contributed by atoms with Crippen LogP contribution in [0.2, 0.25) is 0 Å². The molecule has 4 heteroatoms. The van der Waals surface area contributed by atoms with E-state index in [0.717, 1.165) is 25.9 Å². The highest BCUT2D eigenvalue weighted by Gasteiger charge is 2.44. The molecule has 2 heterocycles. The van der Waals surface area contributed by atoms with Gasteiger partial charge in [0.15, 0.2) is 5.78 Å². The van der Waals surface area contributed by atoms with Crippen molar-refractivity contribution in [2.24, 2.45) is 5.92 Å². The first-order valence-corrected chi connectivity index (χ1v) is 6.46. The second-order valence-corrected chi connectivity index (χ2v) is 5.82. The third kappa shape index (κ3) is 2.23. The van der Waals surface area contributed by atoms with Crippen molar-refractivity contribution >= 4 is 11.7 Å². The number of hydrogen-bond acceptors (Lipinski definition) is 3. The molecule has 0 saturated carbocycles. The summed E-state index contributed by atoms with van der Waals surface area (Å²) >= 11 is 0. The van der Waals surface area contributed by atoms with Crippen LogP contribution in [-0.2, 0) is 9.59 Å². The number of Topliss-reactive ketones (excluding diaryl/α,β-unsaturated/α-hetero) is 1. The molecule has 0 aromatic carbocycles. The zero-order valence-corrected chi connectivity index (χ0v) is 11.0. The van der Waals surface area contributed by atoms with Crippen molar-refractivity contribution in [3.05, 3.63) is 0 Å². The molecule has 1 amide bonds. The zero-order chi connectivity index (χ0) is 12.6. The van der Waals surface area contributed by atoms with Gasteiger partial charge in [0.05, 0.1) is 11.5 Å². The number of ketones is 1. The first kappa shape index (κ1) is 12.6. The molecule has 0 aromatic rings. The number of amides is 1. The Bertz CT molecular complexity index is 338. The fraction of sp³-hybridized carbons (Fsp3) is 0.846. The van der Waals surface area contributed by atoms with Crippen LogP contribution in [0.4, 0.5) is 0 Å². The van der Waals surface area contributed by atoms with Crippen molar-refractivity contribution < 1.29 is 9.59 Å². The molecule has 1 unspecified atom stereocenters. The van der Waals surface area contributed by atoms with Gasteiger partial charge in [-0.05, 0) is 40.3 Å². The van der Waals surface area contributed by atoms with E-state index < -0.39 is 5.54 Å². The Hall–Kier alpha value is -0.900. The summed E-state index contributed by atoms with van der Waals surface area (Å²) in [6, 6.07) is 0. The minimum Gasteiger partial charge on any atom is -0.330 e. The van der Waals surface area contributed by atoms with Gasteiger partial charge >= 0.3 is 0 Å².